The fourth-order valence-corrected chi connectivity index (χ4v) is 4.08. The highest BCUT2D eigenvalue weighted by atomic mass is 14.9. The fraction of sp³-hybridized carbons (Fsp3) is 0.217. The maximum atomic E-state index is 3.56. The van der Waals surface area contributed by atoms with Gasteiger partial charge in [0.1, 0.15) is 0 Å². The van der Waals surface area contributed by atoms with Gasteiger partial charge < -0.3 is 10.3 Å². The topological polar surface area (TPSA) is 27.8 Å². The van der Waals surface area contributed by atoms with Crippen molar-refractivity contribution in [2.75, 3.05) is 11.9 Å². The van der Waals surface area contributed by atoms with E-state index < -0.39 is 0 Å². The lowest BCUT2D eigenvalue weighted by Crippen LogP contribution is -2.01. The lowest BCUT2D eigenvalue weighted by molar-refractivity contribution is 0.720. The SMILES string of the molecule is CC1C=Cc2[nH]c3ccc(C/C=C4\CNc5ccccc54)cc3c2C1. The Morgan fingerprint density at radius 1 is 1.16 bits per heavy atom. The molecule has 3 aromatic rings. The van der Waals surface area contributed by atoms with Crippen LogP contribution in [0.2, 0.25) is 0 Å². The molecular weight excluding hydrogens is 304 g/mol. The van der Waals surface area contributed by atoms with Crippen molar-refractivity contribution < 1.29 is 0 Å². The molecule has 1 unspecified atom stereocenters. The van der Waals surface area contributed by atoms with Crippen molar-refractivity contribution in [1.29, 1.82) is 0 Å². The van der Waals surface area contributed by atoms with E-state index in [9.17, 15) is 0 Å². The second-order valence-electron chi connectivity index (χ2n) is 7.27. The van der Waals surface area contributed by atoms with Crippen LogP contribution < -0.4 is 5.32 Å². The predicted octanol–water partition coefficient (Wildman–Crippen LogP) is 5.42. The molecule has 5 rings (SSSR count). The van der Waals surface area contributed by atoms with Gasteiger partial charge >= 0.3 is 0 Å². The minimum Gasteiger partial charge on any atom is -0.380 e. The number of anilines is 1. The number of fused-ring (bicyclic) bond motifs is 4. The number of aromatic amines is 1. The van der Waals surface area contributed by atoms with Crippen LogP contribution in [0.4, 0.5) is 5.69 Å². The molecule has 0 saturated heterocycles. The first-order valence-corrected chi connectivity index (χ1v) is 9.12. The Kier molecular flexibility index (Phi) is 3.30. The van der Waals surface area contributed by atoms with Crippen molar-refractivity contribution in [3.05, 3.63) is 77.0 Å². The van der Waals surface area contributed by atoms with Crippen molar-refractivity contribution in [1.82, 2.24) is 4.98 Å². The molecule has 1 aliphatic carbocycles. The van der Waals surface area contributed by atoms with Crippen molar-refractivity contribution in [2.24, 2.45) is 5.92 Å². The Bertz CT molecular complexity index is 1020. The van der Waals surface area contributed by atoms with Gasteiger partial charge in [0.05, 0.1) is 0 Å². The number of para-hydroxylation sites is 1. The number of aromatic nitrogens is 1. The average molecular weight is 326 g/mol. The van der Waals surface area contributed by atoms with Crippen LogP contribution >= 0.6 is 0 Å². The van der Waals surface area contributed by atoms with Gasteiger partial charge in [-0.3, -0.25) is 0 Å². The Balaban J connectivity index is 1.47. The zero-order valence-corrected chi connectivity index (χ0v) is 14.5. The van der Waals surface area contributed by atoms with E-state index in [1.807, 2.05) is 0 Å². The Hall–Kier alpha value is -2.74. The molecule has 0 radical (unpaired) electrons. The Labute approximate surface area is 148 Å². The first-order chi connectivity index (χ1) is 12.3. The average Bonchev–Trinajstić information content (AvgIpc) is 3.21. The largest absolute Gasteiger partial charge is 0.380 e. The molecule has 2 aromatic carbocycles. The summed E-state index contributed by atoms with van der Waals surface area (Å²) in [6.45, 7) is 3.22. The van der Waals surface area contributed by atoms with E-state index in [-0.39, 0.29) is 0 Å². The van der Waals surface area contributed by atoms with Gasteiger partial charge in [-0.15, -0.1) is 0 Å². The number of H-pyrrole nitrogens is 1. The van der Waals surface area contributed by atoms with Crippen molar-refractivity contribution in [3.8, 4) is 0 Å². The van der Waals surface area contributed by atoms with Crippen molar-refractivity contribution in [2.45, 2.75) is 19.8 Å². The lowest BCUT2D eigenvalue weighted by Gasteiger charge is -2.12. The monoisotopic (exact) mass is 326 g/mol. The number of hydrogen-bond donors (Lipinski definition) is 2. The highest BCUT2D eigenvalue weighted by Crippen LogP contribution is 2.32. The van der Waals surface area contributed by atoms with Gasteiger partial charge in [0.25, 0.3) is 0 Å². The molecule has 0 saturated carbocycles. The Morgan fingerprint density at radius 2 is 2.08 bits per heavy atom. The summed E-state index contributed by atoms with van der Waals surface area (Å²) in [5.74, 6) is 0.623. The molecule has 2 aliphatic rings. The third-order valence-electron chi connectivity index (χ3n) is 5.45. The Morgan fingerprint density at radius 3 is 3.04 bits per heavy atom. The maximum absolute atomic E-state index is 3.56. The first-order valence-electron chi connectivity index (χ1n) is 9.12. The predicted molar refractivity (Wildman–Crippen MR) is 107 cm³/mol. The number of benzene rings is 2. The van der Waals surface area contributed by atoms with Gasteiger partial charge in [-0.2, -0.15) is 0 Å². The molecule has 2 N–H and O–H groups in total. The van der Waals surface area contributed by atoms with Gasteiger partial charge in [-0.05, 0) is 59.7 Å². The van der Waals surface area contributed by atoms with Crippen LogP contribution in [0.25, 0.3) is 22.6 Å². The lowest BCUT2D eigenvalue weighted by atomic mass is 9.92. The third-order valence-corrected chi connectivity index (χ3v) is 5.45. The molecule has 2 heterocycles. The first kappa shape index (κ1) is 14.6. The summed E-state index contributed by atoms with van der Waals surface area (Å²) in [6.07, 6.45) is 9.03. The molecule has 0 fully saturated rings. The summed E-state index contributed by atoms with van der Waals surface area (Å²) >= 11 is 0. The van der Waals surface area contributed by atoms with Gasteiger partial charge in [0.2, 0.25) is 0 Å². The smallest absolute Gasteiger partial charge is 0.0461 e. The summed E-state index contributed by atoms with van der Waals surface area (Å²) < 4.78 is 0. The summed E-state index contributed by atoms with van der Waals surface area (Å²) in [7, 11) is 0. The second-order valence-corrected chi connectivity index (χ2v) is 7.27. The summed E-state index contributed by atoms with van der Waals surface area (Å²) in [6, 6.07) is 15.4. The van der Waals surface area contributed by atoms with Crippen LogP contribution in [-0.2, 0) is 12.8 Å². The number of allylic oxidation sites excluding steroid dienone is 2. The van der Waals surface area contributed by atoms with Gasteiger partial charge in [-0.25, -0.2) is 0 Å². The molecule has 1 aliphatic heterocycles. The standard InChI is InChI=1S/C23H22N2/c1-15-6-10-22-19(12-15)20-13-16(8-11-23(20)25-22)7-9-17-14-24-21-5-3-2-4-18(17)21/h2-6,8-11,13,15,24-25H,7,12,14H2,1H3/b17-9+. The second kappa shape index (κ2) is 5.66. The van der Waals surface area contributed by atoms with Crippen LogP contribution in [0.3, 0.4) is 0 Å². The maximum Gasteiger partial charge on any atom is 0.0461 e. The number of rotatable bonds is 2. The minimum atomic E-state index is 0.623. The van der Waals surface area contributed by atoms with Gasteiger partial charge in [0, 0.05) is 34.4 Å². The van der Waals surface area contributed by atoms with E-state index >= 15 is 0 Å². The van der Waals surface area contributed by atoms with Crippen LogP contribution in [0.5, 0.6) is 0 Å². The van der Waals surface area contributed by atoms with Gasteiger partial charge in [0.15, 0.2) is 0 Å². The quantitative estimate of drug-likeness (QED) is 0.646. The van der Waals surface area contributed by atoms with Gasteiger partial charge in [-0.1, -0.05) is 43.3 Å². The van der Waals surface area contributed by atoms with Crippen LogP contribution in [0, 0.1) is 5.92 Å². The normalized spacial score (nSPS) is 19.9. The van der Waals surface area contributed by atoms with Crippen molar-refractivity contribution >= 4 is 28.2 Å². The zero-order chi connectivity index (χ0) is 16.8. The molecule has 124 valence electrons. The van der Waals surface area contributed by atoms with Crippen molar-refractivity contribution in [3.63, 3.8) is 0 Å². The molecular formula is C23H22N2. The molecule has 25 heavy (non-hydrogen) atoms. The van der Waals surface area contributed by atoms with E-state index in [1.54, 1.807) is 0 Å². The molecule has 2 nitrogen and oxygen atoms in total. The van der Waals surface area contributed by atoms with Crippen LogP contribution in [-0.4, -0.2) is 11.5 Å². The molecule has 0 bridgehead atoms. The molecule has 0 amide bonds. The van der Waals surface area contributed by atoms with E-state index in [4.69, 9.17) is 0 Å². The minimum absolute atomic E-state index is 0.623. The molecule has 1 aromatic heterocycles. The summed E-state index contributed by atoms with van der Waals surface area (Å²) in [5, 5.41) is 4.87. The third kappa shape index (κ3) is 2.49. The number of hydrogen-bond acceptors (Lipinski definition) is 1. The van der Waals surface area contributed by atoms with Crippen LogP contribution in [0.1, 0.15) is 29.3 Å². The fourth-order valence-electron chi connectivity index (χ4n) is 4.08. The van der Waals surface area contributed by atoms with E-state index in [0.717, 1.165) is 19.4 Å². The van der Waals surface area contributed by atoms with E-state index in [0.29, 0.717) is 5.92 Å². The molecule has 0 spiro atoms. The highest BCUT2D eigenvalue weighted by Gasteiger charge is 2.16. The summed E-state index contributed by atoms with van der Waals surface area (Å²) in [5.41, 5.74) is 9.42. The summed E-state index contributed by atoms with van der Waals surface area (Å²) in [4.78, 5) is 3.56. The van der Waals surface area contributed by atoms with Crippen LogP contribution in [0.15, 0.2) is 54.6 Å². The number of nitrogens with one attached hydrogen (secondary N) is 2. The van der Waals surface area contributed by atoms with E-state index in [1.165, 1.54) is 44.5 Å². The highest BCUT2D eigenvalue weighted by molar-refractivity contribution is 5.89. The van der Waals surface area contributed by atoms with E-state index in [2.05, 4.69) is 77.9 Å². The molecule has 1 atom stereocenters. The zero-order valence-electron chi connectivity index (χ0n) is 14.5. The molecule has 2 heteroatoms.